The van der Waals surface area contributed by atoms with E-state index in [0.717, 1.165) is 10.5 Å². The van der Waals surface area contributed by atoms with Crippen molar-refractivity contribution in [1.82, 2.24) is 0 Å². The van der Waals surface area contributed by atoms with Gasteiger partial charge in [0.15, 0.2) is 0 Å². The Morgan fingerprint density at radius 3 is 2.23 bits per heavy atom. The minimum absolute atomic E-state index is 0.832. The Kier molecular flexibility index (Phi) is 9.76. The van der Waals surface area contributed by atoms with Gasteiger partial charge in [-0.1, -0.05) is 33.1 Å². The van der Waals surface area contributed by atoms with Crippen LogP contribution in [0.4, 0.5) is 0 Å². The Morgan fingerprint density at radius 1 is 1.08 bits per heavy atom. The van der Waals surface area contributed by atoms with Crippen LogP contribution >= 0.6 is 23.5 Å². The zero-order chi connectivity index (χ0) is 10.1. The average molecular weight is 220 g/mol. The van der Waals surface area contributed by atoms with E-state index < -0.39 is 0 Å². The molecule has 2 heteroatoms. The first-order valence-corrected chi connectivity index (χ1v) is 7.87. The van der Waals surface area contributed by atoms with E-state index in [2.05, 4.69) is 38.1 Å². The van der Waals surface area contributed by atoms with Gasteiger partial charge in [-0.25, -0.2) is 0 Å². The third-order valence-electron chi connectivity index (χ3n) is 2.46. The topological polar surface area (TPSA) is 0 Å². The molecule has 0 radical (unpaired) electrons. The average Bonchev–Trinajstić information content (AvgIpc) is 2.16. The van der Waals surface area contributed by atoms with E-state index in [1.54, 1.807) is 0 Å². The molecular formula is C11H24S2. The molecule has 80 valence electrons. The maximum Gasteiger partial charge on any atom is 0.00547 e. The van der Waals surface area contributed by atoms with Crippen LogP contribution in [0.25, 0.3) is 0 Å². The van der Waals surface area contributed by atoms with Gasteiger partial charge in [0.2, 0.25) is 0 Å². The molecule has 0 nitrogen and oxygen atoms in total. The fourth-order valence-electron chi connectivity index (χ4n) is 1.42. The van der Waals surface area contributed by atoms with E-state index in [0.29, 0.717) is 0 Å². The lowest BCUT2D eigenvalue weighted by molar-refractivity contribution is 0.619. The first kappa shape index (κ1) is 13.7. The maximum absolute atomic E-state index is 2.34. The van der Waals surface area contributed by atoms with Crippen molar-refractivity contribution < 1.29 is 0 Å². The second-order valence-electron chi connectivity index (χ2n) is 3.64. The summed E-state index contributed by atoms with van der Waals surface area (Å²) in [6.07, 6.45) is 11.4. The smallest absolute Gasteiger partial charge is 0.00547 e. The summed E-state index contributed by atoms with van der Waals surface area (Å²) in [6, 6.07) is 0. The van der Waals surface area contributed by atoms with Crippen LogP contribution in [0.5, 0.6) is 0 Å². The molecule has 0 saturated heterocycles. The fraction of sp³-hybridized carbons (Fsp3) is 1.00. The van der Waals surface area contributed by atoms with Crippen molar-refractivity contribution in [1.29, 1.82) is 0 Å². The van der Waals surface area contributed by atoms with E-state index in [9.17, 15) is 0 Å². The van der Waals surface area contributed by atoms with Crippen LogP contribution in [0.2, 0.25) is 0 Å². The minimum atomic E-state index is 0.832. The molecule has 0 amide bonds. The summed E-state index contributed by atoms with van der Waals surface area (Å²) >= 11 is 4.05. The summed E-state index contributed by atoms with van der Waals surface area (Å²) in [5.74, 6) is 0. The maximum atomic E-state index is 2.34. The van der Waals surface area contributed by atoms with Crippen LogP contribution in [0.15, 0.2) is 0 Å². The van der Waals surface area contributed by atoms with Gasteiger partial charge in [-0.2, -0.15) is 23.5 Å². The second-order valence-corrected chi connectivity index (χ2v) is 6.05. The molecule has 2 unspecified atom stereocenters. The SMILES string of the molecule is CCCCCC(CC(C)SC)SC. The van der Waals surface area contributed by atoms with Crippen LogP contribution < -0.4 is 0 Å². The van der Waals surface area contributed by atoms with E-state index in [4.69, 9.17) is 0 Å². The van der Waals surface area contributed by atoms with Gasteiger partial charge in [0.1, 0.15) is 0 Å². The van der Waals surface area contributed by atoms with Gasteiger partial charge in [-0.05, 0) is 25.4 Å². The van der Waals surface area contributed by atoms with Crippen LogP contribution in [-0.4, -0.2) is 23.0 Å². The standard InChI is InChI=1S/C11H24S2/c1-5-6-7-8-11(13-4)9-10(2)12-3/h10-11H,5-9H2,1-4H3. The molecule has 0 aliphatic carbocycles. The van der Waals surface area contributed by atoms with Gasteiger partial charge in [-0.15, -0.1) is 0 Å². The molecule has 13 heavy (non-hydrogen) atoms. The summed E-state index contributed by atoms with van der Waals surface area (Å²) in [5, 5.41) is 1.73. The van der Waals surface area contributed by atoms with Crippen molar-refractivity contribution in [2.45, 2.75) is 56.5 Å². The highest BCUT2D eigenvalue weighted by molar-refractivity contribution is 8.00. The van der Waals surface area contributed by atoms with Gasteiger partial charge in [-0.3, -0.25) is 0 Å². The van der Waals surface area contributed by atoms with Crippen LogP contribution in [-0.2, 0) is 0 Å². The second kappa shape index (κ2) is 9.26. The van der Waals surface area contributed by atoms with E-state index in [-0.39, 0.29) is 0 Å². The Labute approximate surface area is 92.6 Å². The van der Waals surface area contributed by atoms with Crippen molar-refractivity contribution in [3.05, 3.63) is 0 Å². The quantitative estimate of drug-likeness (QED) is 0.555. The fourth-order valence-corrected chi connectivity index (χ4v) is 2.85. The van der Waals surface area contributed by atoms with Gasteiger partial charge < -0.3 is 0 Å². The lowest BCUT2D eigenvalue weighted by Crippen LogP contribution is -2.09. The molecule has 0 N–H and O–H groups in total. The highest BCUT2D eigenvalue weighted by atomic mass is 32.2. The number of hydrogen-bond donors (Lipinski definition) is 0. The van der Waals surface area contributed by atoms with E-state index in [1.807, 2.05) is 11.8 Å². The number of unbranched alkanes of at least 4 members (excludes halogenated alkanes) is 2. The van der Waals surface area contributed by atoms with Crippen molar-refractivity contribution >= 4 is 23.5 Å². The zero-order valence-electron chi connectivity index (χ0n) is 9.51. The van der Waals surface area contributed by atoms with Crippen molar-refractivity contribution in [2.75, 3.05) is 12.5 Å². The van der Waals surface area contributed by atoms with E-state index >= 15 is 0 Å². The lowest BCUT2D eigenvalue weighted by atomic mass is 10.1. The summed E-state index contributed by atoms with van der Waals surface area (Å²) in [4.78, 5) is 0. The molecular weight excluding hydrogens is 196 g/mol. The number of rotatable bonds is 8. The Morgan fingerprint density at radius 2 is 1.77 bits per heavy atom. The molecule has 0 saturated carbocycles. The molecule has 0 rings (SSSR count). The highest BCUT2D eigenvalue weighted by Crippen LogP contribution is 2.24. The molecule has 0 aliphatic heterocycles. The third kappa shape index (κ3) is 7.75. The van der Waals surface area contributed by atoms with Crippen LogP contribution in [0.1, 0.15) is 46.0 Å². The minimum Gasteiger partial charge on any atom is -0.162 e. The van der Waals surface area contributed by atoms with Crippen LogP contribution in [0.3, 0.4) is 0 Å². The molecule has 0 aromatic carbocycles. The predicted molar refractivity (Wildman–Crippen MR) is 69.0 cm³/mol. The first-order chi connectivity index (χ1) is 6.24. The molecule has 0 spiro atoms. The predicted octanol–water partition coefficient (Wildman–Crippen LogP) is 4.44. The van der Waals surface area contributed by atoms with E-state index in [1.165, 1.54) is 32.1 Å². The number of hydrogen-bond acceptors (Lipinski definition) is 2. The van der Waals surface area contributed by atoms with Gasteiger partial charge in [0.25, 0.3) is 0 Å². The molecule has 0 aromatic heterocycles. The zero-order valence-corrected chi connectivity index (χ0v) is 11.1. The Balaban J connectivity index is 3.50. The lowest BCUT2D eigenvalue weighted by Gasteiger charge is -2.17. The normalized spacial score (nSPS) is 15.7. The highest BCUT2D eigenvalue weighted by Gasteiger charge is 2.10. The van der Waals surface area contributed by atoms with Gasteiger partial charge in [0.05, 0.1) is 0 Å². The van der Waals surface area contributed by atoms with Crippen molar-refractivity contribution in [2.24, 2.45) is 0 Å². The third-order valence-corrected chi connectivity index (χ3v) is 4.55. The molecule has 0 fully saturated rings. The largest absolute Gasteiger partial charge is 0.162 e. The first-order valence-electron chi connectivity index (χ1n) is 5.30. The van der Waals surface area contributed by atoms with Crippen LogP contribution in [0, 0.1) is 0 Å². The summed E-state index contributed by atoms with van der Waals surface area (Å²) in [7, 11) is 0. The molecule has 0 heterocycles. The Bertz CT molecular complexity index is 104. The summed E-state index contributed by atoms with van der Waals surface area (Å²) in [6.45, 7) is 4.62. The van der Waals surface area contributed by atoms with Crippen molar-refractivity contribution in [3.63, 3.8) is 0 Å². The molecule has 0 aliphatic rings. The van der Waals surface area contributed by atoms with Gasteiger partial charge in [0, 0.05) is 10.5 Å². The number of thioether (sulfide) groups is 2. The summed E-state index contributed by atoms with van der Waals surface area (Å²) < 4.78 is 0. The molecule has 0 aromatic rings. The summed E-state index contributed by atoms with van der Waals surface area (Å²) in [5.41, 5.74) is 0. The molecule has 2 atom stereocenters. The monoisotopic (exact) mass is 220 g/mol. The molecule has 0 bridgehead atoms. The van der Waals surface area contributed by atoms with Gasteiger partial charge >= 0.3 is 0 Å². The Hall–Kier alpha value is 0.700. The van der Waals surface area contributed by atoms with Crippen molar-refractivity contribution in [3.8, 4) is 0 Å².